The maximum Gasteiger partial charge on any atom is 0.389 e. The van der Waals surface area contributed by atoms with Crippen molar-refractivity contribution in [3.05, 3.63) is 22.4 Å². The molecule has 1 aromatic heterocycles. The van der Waals surface area contributed by atoms with Crippen LogP contribution in [0, 0.1) is 0 Å². The Hall–Kier alpha value is -2.30. The predicted molar refractivity (Wildman–Crippen MR) is 91.7 cm³/mol. The molecule has 2 N–H and O–H groups in total. The molecule has 28 heavy (non-hydrogen) atoms. The molecule has 2 aliphatic rings. The van der Waals surface area contributed by atoms with Crippen molar-refractivity contribution >= 4 is 11.8 Å². The van der Waals surface area contributed by atoms with Crippen molar-refractivity contribution in [3.63, 3.8) is 0 Å². The summed E-state index contributed by atoms with van der Waals surface area (Å²) in [5.74, 6) is -0.517. The molecule has 3 rings (SSSR count). The zero-order valence-electron chi connectivity index (χ0n) is 15.3. The van der Waals surface area contributed by atoms with Gasteiger partial charge in [-0.3, -0.25) is 9.59 Å². The number of piperidine rings is 1. The number of alkyl halides is 3. The van der Waals surface area contributed by atoms with E-state index in [9.17, 15) is 27.6 Å². The summed E-state index contributed by atoms with van der Waals surface area (Å²) in [6, 6.07) is 0. The monoisotopic (exact) mass is 404 g/mol. The number of carbonyl (C=O) groups excluding carboxylic acids is 2. The average Bonchev–Trinajstić information content (AvgIpc) is 2.99. The molecule has 2 amide bonds. The van der Waals surface area contributed by atoms with E-state index in [2.05, 4.69) is 9.97 Å². The molecule has 2 fully saturated rings. The van der Waals surface area contributed by atoms with Gasteiger partial charge in [0, 0.05) is 38.8 Å². The molecule has 8 nitrogen and oxygen atoms in total. The van der Waals surface area contributed by atoms with Crippen molar-refractivity contribution in [2.45, 2.75) is 43.9 Å². The van der Waals surface area contributed by atoms with Crippen LogP contribution in [0.5, 0.6) is 0 Å². The molecule has 0 bridgehead atoms. The first kappa shape index (κ1) is 20.4. The van der Waals surface area contributed by atoms with Gasteiger partial charge in [0.05, 0.1) is 18.6 Å². The van der Waals surface area contributed by atoms with Crippen LogP contribution in [-0.2, 0) is 9.53 Å². The van der Waals surface area contributed by atoms with Crippen LogP contribution in [0.2, 0.25) is 0 Å². The van der Waals surface area contributed by atoms with Crippen molar-refractivity contribution in [2.24, 2.45) is 0 Å². The number of likely N-dealkylation sites (tertiary alicyclic amines) is 1. The summed E-state index contributed by atoms with van der Waals surface area (Å²) in [6.45, 7) is 1.33. The number of ether oxygens (including phenoxy) is 1. The van der Waals surface area contributed by atoms with Crippen molar-refractivity contribution in [2.75, 3.05) is 32.8 Å². The van der Waals surface area contributed by atoms with E-state index >= 15 is 0 Å². The Morgan fingerprint density at radius 3 is 2.54 bits per heavy atom. The number of amides is 2. The van der Waals surface area contributed by atoms with Gasteiger partial charge in [0.15, 0.2) is 0 Å². The number of hydrogen-bond acceptors (Lipinski definition) is 4. The van der Waals surface area contributed by atoms with Gasteiger partial charge in [0.25, 0.3) is 5.91 Å². The number of rotatable bonds is 4. The molecule has 0 unspecified atom stereocenters. The van der Waals surface area contributed by atoms with E-state index < -0.39 is 23.9 Å². The number of aromatic nitrogens is 2. The molecule has 1 spiro atoms. The summed E-state index contributed by atoms with van der Waals surface area (Å²) in [5, 5.41) is 0. The van der Waals surface area contributed by atoms with E-state index in [0.29, 0.717) is 25.9 Å². The molecule has 3 heterocycles. The Labute approximate surface area is 159 Å². The maximum absolute atomic E-state index is 12.5. The SMILES string of the molecule is O=C1CC2(CCN(C(=O)c3c[nH]c(=O)[nH]3)CC2)OCCN1CCCC(F)(F)F. The maximum atomic E-state index is 12.5. The lowest BCUT2D eigenvalue weighted by Crippen LogP contribution is -2.49. The highest BCUT2D eigenvalue weighted by atomic mass is 19.4. The van der Waals surface area contributed by atoms with Crippen molar-refractivity contribution in [1.82, 2.24) is 19.8 Å². The third-order valence-electron chi connectivity index (χ3n) is 5.27. The first-order valence-corrected chi connectivity index (χ1v) is 9.23. The summed E-state index contributed by atoms with van der Waals surface area (Å²) in [5.41, 5.74) is -0.979. The molecule has 11 heteroatoms. The first-order valence-electron chi connectivity index (χ1n) is 9.23. The summed E-state index contributed by atoms with van der Waals surface area (Å²) >= 11 is 0. The van der Waals surface area contributed by atoms with E-state index in [1.54, 1.807) is 4.90 Å². The molecule has 0 atom stereocenters. The van der Waals surface area contributed by atoms with Crippen LogP contribution < -0.4 is 5.69 Å². The fourth-order valence-electron chi connectivity index (χ4n) is 3.70. The lowest BCUT2D eigenvalue weighted by atomic mass is 9.87. The second kappa shape index (κ2) is 7.98. The fourth-order valence-corrected chi connectivity index (χ4v) is 3.70. The third kappa shape index (κ3) is 4.94. The highest BCUT2D eigenvalue weighted by molar-refractivity contribution is 5.92. The Morgan fingerprint density at radius 1 is 1.21 bits per heavy atom. The van der Waals surface area contributed by atoms with Gasteiger partial charge in [0.2, 0.25) is 5.91 Å². The molecule has 0 aromatic carbocycles. The second-order valence-electron chi connectivity index (χ2n) is 7.26. The zero-order chi connectivity index (χ0) is 20.4. The number of imidazole rings is 1. The smallest absolute Gasteiger partial charge is 0.372 e. The first-order chi connectivity index (χ1) is 13.2. The van der Waals surface area contributed by atoms with Gasteiger partial charge >= 0.3 is 11.9 Å². The zero-order valence-corrected chi connectivity index (χ0v) is 15.3. The van der Waals surface area contributed by atoms with E-state index in [1.807, 2.05) is 0 Å². The van der Waals surface area contributed by atoms with E-state index in [0.717, 1.165) is 0 Å². The minimum absolute atomic E-state index is 0.0588. The van der Waals surface area contributed by atoms with Gasteiger partial charge < -0.3 is 24.5 Å². The van der Waals surface area contributed by atoms with Crippen LogP contribution in [0.25, 0.3) is 0 Å². The quantitative estimate of drug-likeness (QED) is 0.790. The van der Waals surface area contributed by atoms with Crippen LogP contribution >= 0.6 is 0 Å². The van der Waals surface area contributed by atoms with Gasteiger partial charge in [-0.25, -0.2) is 4.79 Å². The topological polar surface area (TPSA) is 98.5 Å². The number of H-pyrrole nitrogens is 2. The predicted octanol–water partition coefficient (Wildman–Crippen LogP) is 1.27. The summed E-state index contributed by atoms with van der Waals surface area (Å²) in [6.07, 6.45) is -2.94. The van der Waals surface area contributed by atoms with Gasteiger partial charge in [-0.05, 0) is 19.3 Å². The van der Waals surface area contributed by atoms with Gasteiger partial charge in [-0.15, -0.1) is 0 Å². The van der Waals surface area contributed by atoms with Crippen molar-refractivity contribution in [3.8, 4) is 0 Å². The lowest BCUT2D eigenvalue weighted by molar-refractivity contribution is -0.141. The van der Waals surface area contributed by atoms with E-state index in [-0.39, 0.29) is 50.0 Å². The molecule has 0 radical (unpaired) electrons. The normalized spacial score (nSPS) is 20.5. The molecule has 0 saturated carbocycles. The minimum atomic E-state index is -4.23. The number of carbonyl (C=O) groups is 2. The van der Waals surface area contributed by atoms with Crippen molar-refractivity contribution < 1.29 is 27.5 Å². The van der Waals surface area contributed by atoms with Crippen LogP contribution in [0.1, 0.15) is 42.6 Å². The Kier molecular flexibility index (Phi) is 5.82. The van der Waals surface area contributed by atoms with Crippen LogP contribution in [0.15, 0.2) is 11.0 Å². The largest absolute Gasteiger partial charge is 0.389 e. The number of nitrogens with zero attached hydrogens (tertiary/aromatic N) is 2. The van der Waals surface area contributed by atoms with Crippen molar-refractivity contribution in [1.29, 1.82) is 0 Å². The van der Waals surface area contributed by atoms with Crippen LogP contribution in [0.4, 0.5) is 13.2 Å². The number of aromatic amines is 2. The standard InChI is InChI=1S/C17H23F3N4O4/c18-17(19,20)2-1-5-23-8-9-28-16(10-13(23)25)3-6-24(7-4-16)14(26)12-11-21-15(27)22-12/h11H,1-10H2,(H2,21,22,27). The average molecular weight is 404 g/mol. The molecule has 156 valence electrons. The molecule has 0 aliphatic carbocycles. The summed E-state index contributed by atoms with van der Waals surface area (Å²) < 4.78 is 42.9. The number of nitrogens with one attached hydrogen (secondary N) is 2. The molecule has 1 aromatic rings. The Bertz CT molecular complexity index is 765. The third-order valence-corrected chi connectivity index (χ3v) is 5.27. The Morgan fingerprint density at radius 2 is 1.93 bits per heavy atom. The summed E-state index contributed by atoms with van der Waals surface area (Å²) in [4.78, 5) is 43.9. The lowest BCUT2D eigenvalue weighted by Gasteiger charge is -2.40. The van der Waals surface area contributed by atoms with Gasteiger partial charge in [0.1, 0.15) is 5.69 Å². The second-order valence-corrected chi connectivity index (χ2v) is 7.26. The number of halogens is 3. The van der Waals surface area contributed by atoms with Crippen LogP contribution in [-0.4, -0.2) is 76.1 Å². The summed E-state index contributed by atoms with van der Waals surface area (Å²) in [7, 11) is 0. The molecular formula is C17H23F3N4O4. The van der Waals surface area contributed by atoms with Gasteiger partial charge in [-0.1, -0.05) is 0 Å². The molecule has 2 aliphatic heterocycles. The highest BCUT2D eigenvalue weighted by Gasteiger charge is 2.41. The van der Waals surface area contributed by atoms with E-state index in [1.165, 1.54) is 11.1 Å². The molecule has 2 saturated heterocycles. The van der Waals surface area contributed by atoms with Gasteiger partial charge in [-0.2, -0.15) is 13.2 Å². The van der Waals surface area contributed by atoms with Crippen LogP contribution in [0.3, 0.4) is 0 Å². The number of hydrogen-bond donors (Lipinski definition) is 2. The minimum Gasteiger partial charge on any atom is -0.372 e. The highest BCUT2D eigenvalue weighted by Crippen LogP contribution is 2.33. The molecular weight excluding hydrogens is 381 g/mol. The fraction of sp³-hybridized carbons (Fsp3) is 0.706. The Balaban J connectivity index is 1.54. The van der Waals surface area contributed by atoms with E-state index in [4.69, 9.17) is 4.74 Å².